The van der Waals surface area contributed by atoms with Gasteiger partial charge in [-0.1, -0.05) is 12.2 Å². The van der Waals surface area contributed by atoms with Crippen LogP contribution in [0.2, 0.25) is 0 Å². The van der Waals surface area contributed by atoms with Crippen molar-refractivity contribution in [1.82, 2.24) is 9.78 Å². The third-order valence-corrected chi connectivity index (χ3v) is 3.43. The largest absolute Gasteiger partial charge is 0.392 e. The van der Waals surface area contributed by atoms with Crippen LogP contribution in [0.5, 0.6) is 0 Å². The normalized spacial score (nSPS) is 16.9. The molecule has 3 N–H and O–H groups in total. The van der Waals surface area contributed by atoms with Gasteiger partial charge in [-0.3, -0.25) is 9.48 Å². The molecule has 0 bridgehead atoms. The Hall–Kier alpha value is -1.43. The Morgan fingerprint density at radius 3 is 2.71 bits per heavy atom. The van der Waals surface area contributed by atoms with Crippen molar-refractivity contribution >= 4 is 28.9 Å². The summed E-state index contributed by atoms with van der Waals surface area (Å²) in [7, 11) is 0. The van der Waals surface area contributed by atoms with E-state index in [9.17, 15) is 4.79 Å². The molecule has 0 aromatic carbocycles. The summed E-state index contributed by atoms with van der Waals surface area (Å²) in [6.07, 6.45) is 3.30. The Morgan fingerprint density at radius 1 is 1.65 bits per heavy atom. The third-order valence-electron chi connectivity index (χ3n) is 3.04. The van der Waals surface area contributed by atoms with Crippen LogP contribution in [0.15, 0.2) is 12.3 Å². The minimum absolute atomic E-state index is 0.140. The number of amides is 1. The zero-order valence-electron chi connectivity index (χ0n) is 9.93. The van der Waals surface area contributed by atoms with Crippen molar-refractivity contribution in [3.8, 4) is 0 Å². The summed E-state index contributed by atoms with van der Waals surface area (Å²) in [5.74, 6) is 0.408. The molecule has 0 spiro atoms. The van der Waals surface area contributed by atoms with Gasteiger partial charge in [0.25, 0.3) is 0 Å². The number of nitrogens with zero attached hydrogens (tertiary/aromatic N) is 2. The van der Waals surface area contributed by atoms with Gasteiger partial charge in [-0.25, -0.2) is 0 Å². The first kappa shape index (κ1) is 12.0. The molecule has 1 aliphatic carbocycles. The topological polar surface area (TPSA) is 72.9 Å². The Morgan fingerprint density at radius 2 is 2.29 bits per heavy atom. The smallest absolute Gasteiger partial charge is 0.238 e. The number of carbonyl (C=O) groups is 1. The van der Waals surface area contributed by atoms with Crippen LogP contribution in [0, 0.1) is 5.41 Å². The SMILES string of the molecule is CC(C)n1ccc(NC(=O)C2(C(N)=S)CC2)n1. The summed E-state index contributed by atoms with van der Waals surface area (Å²) in [5, 5.41) is 7.01. The second kappa shape index (κ2) is 4.10. The van der Waals surface area contributed by atoms with E-state index in [4.69, 9.17) is 18.0 Å². The van der Waals surface area contributed by atoms with Gasteiger partial charge in [0.2, 0.25) is 5.91 Å². The highest BCUT2D eigenvalue weighted by molar-refractivity contribution is 7.80. The molecule has 0 radical (unpaired) electrons. The zero-order valence-corrected chi connectivity index (χ0v) is 10.8. The predicted molar refractivity (Wildman–Crippen MR) is 69.7 cm³/mol. The minimum Gasteiger partial charge on any atom is -0.392 e. The maximum Gasteiger partial charge on any atom is 0.238 e. The predicted octanol–water partition coefficient (Wildman–Crippen LogP) is 1.47. The van der Waals surface area contributed by atoms with E-state index in [-0.39, 0.29) is 16.9 Å². The van der Waals surface area contributed by atoms with Crippen molar-refractivity contribution in [2.45, 2.75) is 32.7 Å². The van der Waals surface area contributed by atoms with Crippen molar-refractivity contribution in [1.29, 1.82) is 0 Å². The highest BCUT2D eigenvalue weighted by Gasteiger charge is 2.52. The van der Waals surface area contributed by atoms with Gasteiger partial charge in [0.1, 0.15) is 0 Å². The molecular weight excluding hydrogens is 236 g/mol. The van der Waals surface area contributed by atoms with Gasteiger partial charge >= 0.3 is 0 Å². The fraction of sp³-hybridized carbons (Fsp3) is 0.545. The minimum atomic E-state index is -0.628. The lowest BCUT2D eigenvalue weighted by Crippen LogP contribution is -2.35. The van der Waals surface area contributed by atoms with Gasteiger partial charge in [-0.15, -0.1) is 0 Å². The third kappa shape index (κ3) is 2.17. The van der Waals surface area contributed by atoms with Crippen LogP contribution in [0.1, 0.15) is 32.7 Å². The van der Waals surface area contributed by atoms with E-state index in [1.165, 1.54) is 0 Å². The number of carbonyl (C=O) groups excluding carboxylic acids is 1. The maximum atomic E-state index is 12.0. The molecule has 1 fully saturated rings. The molecule has 2 rings (SSSR count). The Kier molecular flexibility index (Phi) is 2.91. The Bertz CT molecular complexity index is 462. The fourth-order valence-electron chi connectivity index (χ4n) is 1.64. The van der Waals surface area contributed by atoms with E-state index < -0.39 is 5.41 Å². The molecule has 1 saturated carbocycles. The van der Waals surface area contributed by atoms with E-state index in [0.717, 1.165) is 12.8 Å². The first-order valence-electron chi connectivity index (χ1n) is 5.62. The molecule has 1 aromatic rings. The second-order valence-electron chi connectivity index (χ2n) is 4.68. The van der Waals surface area contributed by atoms with Crippen molar-refractivity contribution in [2.24, 2.45) is 11.1 Å². The van der Waals surface area contributed by atoms with Gasteiger partial charge in [0, 0.05) is 18.3 Å². The van der Waals surface area contributed by atoms with E-state index in [1.54, 1.807) is 10.7 Å². The second-order valence-corrected chi connectivity index (χ2v) is 5.12. The first-order chi connectivity index (χ1) is 7.95. The van der Waals surface area contributed by atoms with Crippen LogP contribution < -0.4 is 11.1 Å². The lowest BCUT2D eigenvalue weighted by Gasteiger charge is -2.12. The highest BCUT2D eigenvalue weighted by atomic mass is 32.1. The molecular formula is C11H16N4OS. The molecule has 0 aliphatic heterocycles. The van der Waals surface area contributed by atoms with Gasteiger partial charge in [0.05, 0.1) is 10.4 Å². The average molecular weight is 252 g/mol. The van der Waals surface area contributed by atoms with Gasteiger partial charge in [-0.2, -0.15) is 5.10 Å². The molecule has 5 nitrogen and oxygen atoms in total. The zero-order chi connectivity index (χ0) is 12.6. The van der Waals surface area contributed by atoms with E-state index in [1.807, 2.05) is 20.0 Å². The van der Waals surface area contributed by atoms with Crippen molar-refractivity contribution < 1.29 is 4.79 Å². The fourth-order valence-corrected chi connectivity index (χ4v) is 1.94. The number of thiocarbonyl (C=S) groups is 1. The molecule has 1 aliphatic rings. The first-order valence-corrected chi connectivity index (χ1v) is 6.03. The summed E-state index contributed by atoms with van der Waals surface area (Å²) in [4.78, 5) is 12.3. The number of hydrogen-bond donors (Lipinski definition) is 2. The van der Waals surface area contributed by atoms with Gasteiger partial charge in [0.15, 0.2) is 5.82 Å². The van der Waals surface area contributed by atoms with Crippen LogP contribution in [0.4, 0.5) is 5.82 Å². The van der Waals surface area contributed by atoms with Crippen molar-refractivity contribution in [3.63, 3.8) is 0 Å². The van der Waals surface area contributed by atoms with Crippen molar-refractivity contribution in [3.05, 3.63) is 12.3 Å². The van der Waals surface area contributed by atoms with Crippen LogP contribution in [-0.4, -0.2) is 20.7 Å². The summed E-state index contributed by atoms with van der Waals surface area (Å²) >= 11 is 4.92. The molecule has 0 unspecified atom stereocenters. The van der Waals surface area contributed by atoms with E-state index in [0.29, 0.717) is 5.82 Å². The number of nitrogens with one attached hydrogen (secondary N) is 1. The van der Waals surface area contributed by atoms with Gasteiger partial charge in [-0.05, 0) is 26.7 Å². The van der Waals surface area contributed by atoms with Crippen molar-refractivity contribution in [2.75, 3.05) is 5.32 Å². The number of anilines is 1. The standard InChI is InChI=1S/C11H16N4OS/c1-7(2)15-6-3-8(14-15)13-10(16)11(4-5-11)9(12)17/h3,6-7H,4-5H2,1-2H3,(H2,12,17)(H,13,14,16). The number of hydrogen-bond acceptors (Lipinski definition) is 3. The van der Waals surface area contributed by atoms with E-state index >= 15 is 0 Å². The van der Waals surface area contributed by atoms with Crippen LogP contribution in [0.3, 0.4) is 0 Å². The average Bonchev–Trinajstić information content (AvgIpc) is 2.94. The maximum absolute atomic E-state index is 12.0. The molecule has 0 atom stereocenters. The molecule has 92 valence electrons. The molecule has 1 aromatic heterocycles. The lowest BCUT2D eigenvalue weighted by molar-refractivity contribution is -0.118. The Balaban J connectivity index is 2.06. The van der Waals surface area contributed by atoms with Crippen LogP contribution >= 0.6 is 12.2 Å². The summed E-state index contributed by atoms with van der Waals surface area (Å²) in [5.41, 5.74) is 4.96. The summed E-state index contributed by atoms with van der Waals surface area (Å²) in [6, 6.07) is 2.04. The molecule has 0 saturated heterocycles. The number of aromatic nitrogens is 2. The number of rotatable bonds is 4. The van der Waals surface area contributed by atoms with Crippen LogP contribution in [0.25, 0.3) is 0 Å². The monoisotopic (exact) mass is 252 g/mol. The molecule has 1 amide bonds. The Labute approximate surface area is 105 Å². The van der Waals surface area contributed by atoms with Crippen LogP contribution in [-0.2, 0) is 4.79 Å². The lowest BCUT2D eigenvalue weighted by atomic mass is 10.1. The summed E-state index contributed by atoms with van der Waals surface area (Å²) in [6.45, 7) is 4.05. The molecule has 17 heavy (non-hydrogen) atoms. The van der Waals surface area contributed by atoms with E-state index in [2.05, 4.69) is 10.4 Å². The van der Waals surface area contributed by atoms with Gasteiger partial charge < -0.3 is 11.1 Å². The highest BCUT2D eigenvalue weighted by Crippen LogP contribution is 2.46. The molecule has 6 heteroatoms. The molecule has 1 heterocycles. The quantitative estimate of drug-likeness (QED) is 0.796. The summed E-state index contributed by atoms with van der Waals surface area (Å²) < 4.78 is 1.79. The number of nitrogens with two attached hydrogens (primary N) is 1.